The number of hydrogen-bond donors (Lipinski definition) is 0. The number of aryl methyl sites for hydroxylation is 2. The van der Waals surface area contributed by atoms with Crippen LogP contribution in [0.15, 0.2) is 36.4 Å². The van der Waals surface area contributed by atoms with Crippen LogP contribution in [0.3, 0.4) is 0 Å². The molecule has 0 aliphatic rings. The van der Waals surface area contributed by atoms with Crippen LogP contribution in [0.2, 0.25) is 10.0 Å². The van der Waals surface area contributed by atoms with Gasteiger partial charge >= 0.3 is 0 Å². The highest BCUT2D eigenvalue weighted by atomic mass is 35.5. The third-order valence-corrected chi connectivity index (χ3v) is 3.33. The van der Waals surface area contributed by atoms with Gasteiger partial charge in [-0.25, -0.2) is 0 Å². The fraction of sp³-hybridized carbons (Fsp3) is 0.133. The summed E-state index contributed by atoms with van der Waals surface area (Å²) in [6, 6.07) is 10.5. The molecule has 1 nitrogen and oxygen atoms in total. The van der Waals surface area contributed by atoms with E-state index in [-0.39, 0.29) is 5.78 Å². The first-order valence-corrected chi connectivity index (χ1v) is 6.31. The molecule has 92 valence electrons. The van der Waals surface area contributed by atoms with Crippen LogP contribution in [0.4, 0.5) is 0 Å². The van der Waals surface area contributed by atoms with Crippen molar-refractivity contribution in [3.05, 3.63) is 68.7 Å². The van der Waals surface area contributed by atoms with Crippen LogP contribution in [-0.4, -0.2) is 5.78 Å². The van der Waals surface area contributed by atoms with Crippen LogP contribution >= 0.6 is 23.2 Å². The van der Waals surface area contributed by atoms with Crippen molar-refractivity contribution < 1.29 is 4.79 Å². The number of ketones is 1. The zero-order chi connectivity index (χ0) is 13.3. The van der Waals surface area contributed by atoms with Gasteiger partial charge in [-0.1, -0.05) is 35.3 Å². The van der Waals surface area contributed by atoms with Gasteiger partial charge in [-0.3, -0.25) is 4.79 Å². The van der Waals surface area contributed by atoms with Crippen LogP contribution in [-0.2, 0) is 0 Å². The van der Waals surface area contributed by atoms with Gasteiger partial charge in [-0.05, 0) is 49.2 Å². The number of rotatable bonds is 2. The lowest BCUT2D eigenvalue weighted by Gasteiger charge is -2.05. The Morgan fingerprint density at radius 3 is 2.00 bits per heavy atom. The van der Waals surface area contributed by atoms with Crippen LogP contribution in [0.1, 0.15) is 27.0 Å². The Balaban J connectivity index is 2.44. The molecule has 2 aromatic carbocycles. The fourth-order valence-electron chi connectivity index (χ4n) is 1.73. The van der Waals surface area contributed by atoms with Crippen LogP contribution in [0.5, 0.6) is 0 Å². The number of halogens is 2. The molecule has 0 aromatic heterocycles. The molecule has 0 aliphatic heterocycles. The minimum Gasteiger partial charge on any atom is -0.289 e. The third-order valence-electron chi connectivity index (χ3n) is 2.89. The number of carbonyl (C=O) groups is 1. The first-order valence-electron chi connectivity index (χ1n) is 5.55. The summed E-state index contributed by atoms with van der Waals surface area (Å²) in [7, 11) is 0. The molecule has 18 heavy (non-hydrogen) atoms. The van der Waals surface area contributed by atoms with Gasteiger partial charge in [0.2, 0.25) is 0 Å². The summed E-state index contributed by atoms with van der Waals surface area (Å²) in [4.78, 5) is 12.3. The summed E-state index contributed by atoms with van der Waals surface area (Å²) in [5.74, 6) is -0.0671. The molecule has 0 radical (unpaired) electrons. The number of carbonyl (C=O) groups excluding carboxylic acids is 1. The smallest absolute Gasteiger partial charge is 0.193 e. The molecule has 2 rings (SSSR count). The van der Waals surface area contributed by atoms with Crippen LogP contribution in [0, 0.1) is 13.8 Å². The zero-order valence-corrected chi connectivity index (χ0v) is 11.6. The highest BCUT2D eigenvalue weighted by molar-refractivity contribution is 6.35. The molecule has 0 saturated carbocycles. The third kappa shape index (κ3) is 2.74. The van der Waals surface area contributed by atoms with Gasteiger partial charge in [0.25, 0.3) is 0 Å². The van der Waals surface area contributed by atoms with Crippen molar-refractivity contribution in [3.8, 4) is 0 Å². The van der Waals surface area contributed by atoms with Crippen molar-refractivity contribution in [3.63, 3.8) is 0 Å². The predicted octanol–water partition coefficient (Wildman–Crippen LogP) is 4.84. The Bertz CT molecular complexity index is 598. The Hall–Kier alpha value is -1.31. The van der Waals surface area contributed by atoms with Crippen molar-refractivity contribution in [2.75, 3.05) is 0 Å². The first-order chi connectivity index (χ1) is 8.47. The first kappa shape index (κ1) is 13.1. The predicted molar refractivity (Wildman–Crippen MR) is 75.8 cm³/mol. The van der Waals surface area contributed by atoms with Crippen molar-refractivity contribution in [2.45, 2.75) is 13.8 Å². The SMILES string of the molecule is Cc1ccc(C(=O)c2cc(Cl)cc(Cl)c2)cc1C. The second-order valence-electron chi connectivity index (χ2n) is 4.29. The summed E-state index contributed by atoms with van der Waals surface area (Å²) < 4.78 is 0. The lowest BCUT2D eigenvalue weighted by Crippen LogP contribution is -2.02. The van der Waals surface area contributed by atoms with E-state index in [1.54, 1.807) is 18.2 Å². The molecular formula is C15H12Cl2O. The molecule has 0 N–H and O–H groups in total. The highest BCUT2D eigenvalue weighted by Gasteiger charge is 2.11. The molecule has 0 heterocycles. The Labute approximate surface area is 116 Å². The minimum atomic E-state index is -0.0671. The summed E-state index contributed by atoms with van der Waals surface area (Å²) in [5, 5.41) is 0.935. The molecule has 2 aromatic rings. The molecular weight excluding hydrogens is 267 g/mol. The normalized spacial score (nSPS) is 10.4. The van der Waals surface area contributed by atoms with Crippen molar-refractivity contribution in [2.24, 2.45) is 0 Å². The zero-order valence-electron chi connectivity index (χ0n) is 10.1. The average molecular weight is 279 g/mol. The molecule has 0 fully saturated rings. The summed E-state index contributed by atoms with van der Waals surface area (Å²) in [6.07, 6.45) is 0. The van der Waals surface area contributed by atoms with E-state index in [0.717, 1.165) is 11.1 Å². The molecule has 0 spiro atoms. The Kier molecular flexibility index (Phi) is 3.74. The van der Waals surface area contributed by atoms with E-state index in [1.807, 2.05) is 32.0 Å². The van der Waals surface area contributed by atoms with E-state index in [4.69, 9.17) is 23.2 Å². The molecule has 3 heteroatoms. The van der Waals surface area contributed by atoms with Gasteiger partial charge in [0.15, 0.2) is 5.78 Å². The highest BCUT2D eigenvalue weighted by Crippen LogP contribution is 2.22. The maximum Gasteiger partial charge on any atom is 0.193 e. The Morgan fingerprint density at radius 1 is 0.833 bits per heavy atom. The maximum atomic E-state index is 12.3. The van der Waals surface area contributed by atoms with Crippen LogP contribution in [0.25, 0.3) is 0 Å². The topological polar surface area (TPSA) is 17.1 Å². The second kappa shape index (κ2) is 5.13. The molecule has 0 aliphatic carbocycles. The van der Waals surface area contributed by atoms with Crippen molar-refractivity contribution in [1.82, 2.24) is 0 Å². The number of hydrogen-bond acceptors (Lipinski definition) is 1. The average Bonchev–Trinajstić information content (AvgIpc) is 2.30. The van der Waals surface area contributed by atoms with E-state index in [2.05, 4.69) is 0 Å². The lowest BCUT2D eigenvalue weighted by atomic mass is 9.99. The Morgan fingerprint density at radius 2 is 1.44 bits per heavy atom. The van der Waals surface area contributed by atoms with Crippen molar-refractivity contribution >= 4 is 29.0 Å². The monoisotopic (exact) mass is 278 g/mol. The molecule has 0 atom stereocenters. The second-order valence-corrected chi connectivity index (χ2v) is 5.16. The number of benzene rings is 2. The maximum absolute atomic E-state index is 12.3. The molecule has 0 bridgehead atoms. The van der Waals surface area contributed by atoms with E-state index in [9.17, 15) is 4.79 Å². The van der Waals surface area contributed by atoms with Crippen LogP contribution < -0.4 is 0 Å². The quantitative estimate of drug-likeness (QED) is 0.719. The van der Waals surface area contributed by atoms with Gasteiger partial charge in [0.05, 0.1) is 0 Å². The fourth-order valence-corrected chi connectivity index (χ4v) is 2.26. The van der Waals surface area contributed by atoms with Gasteiger partial charge < -0.3 is 0 Å². The van der Waals surface area contributed by atoms with Crippen molar-refractivity contribution in [1.29, 1.82) is 0 Å². The van der Waals surface area contributed by atoms with E-state index in [1.165, 1.54) is 0 Å². The minimum absolute atomic E-state index is 0.0671. The van der Waals surface area contributed by atoms with Gasteiger partial charge in [-0.2, -0.15) is 0 Å². The molecule has 0 saturated heterocycles. The van der Waals surface area contributed by atoms with Gasteiger partial charge in [-0.15, -0.1) is 0 Å². The standard InChI is InChI=1S/C15H12Cl2O/c1-9-3-4-11(5-10(9)2)15(18)12-6-13(16)8-14(17)7-12/h3-8H,1-2H3. The molecule has 0 amide bonds. The van der Waals surface area contributed by atoms with E-state index in [0.29, 0.717) is 21.2 Å². The van der Waals surface area contributed by atoms with Gasteiger partial charge in [0.1, 0.15) is 0 Å². The lowest BCUT2D eigenvalue weighted by molar-refractivity contribution is 0.103. The van der Waals surface area contributed by atoms with E-state index >= 15 is 0 Å². The summed E-state index contributed by atoms with van der Waals surface area (Å²) in [5.41, 5.74) is 3.41. The van der Waals surface area contributed by atoms with E-state index < -0.39 is 0 Å². The largest absolute Gasteiger partial charge is 0.289 e. The summed E-state index contributed by atoms with van der Waals surface area (Å²) in [6.45, 7) is 4.00. The molecule has 0 unspecified atom stereocenters. The van der Waals surface area contributed by atoms with Gasteiger partial charge in [0, 0.05) is 21.2 Å². The summed E-state index contributed by atoms with van der Waals surface area (Å²) >= 11 is 11.8.